The third kappa shape index (κ3) is 4.23. The van der Waals surface area contributed by atoms with Crippen LogP contribution in [0.2, 0.25) is 0 Å². The summed E-state index contributed by atoms with van der Waals surface area (Å²) in [6, 6.07) is 7.39. The monoisotopic (exact) mass is 287 g/mol. The van der Waals surface area contributed by atoms with Crippen LogP contribution < -0.4 is 10.1 Å². The number of aryl methyl sites for hydroxylation is 2. The summed E-state index contributed by atoms with van der Waals surface area (Å²) in [5.41, 5.74) is 3.04. The molecule has 0 spiro atoms. The number of ether oxygens (including phenoxy) is 1. The van der Waals surface area contributed by atoms with Crippen LogP contribution in [0.25, 0.3) is 0 Å². The van der Waals surface area contributed by atoms with Crippen molar-refractivity contribution in [3.8, 4) is 5.75 Å². The van der Waals surface area contributed by atoms with Crippen molar-refractivity contribution in [3.63, 3.8) is 0 Å². The number of nitrogens with one attached hydrogen (secondary N) is 1. The fourth-order valence-electron chi connectivity index (χ4n) is 3.70. The Bertz CT molecular complexity index is 449. The van der Waals surface area contributed by atoms with E-state index >= 15 is 0 Å². The van der Waals surface area contributed by atoms with Crippen LogP contribution in [0.5, 0.6) is 5.75 Å². The Morgan fingerprint density at radius 1 is 1.05 bits per heavy atom. The lowest BCUT2D eigenvalue weighted by molar-refractivity contribution is 0.270. The minimum Gasteiger partial charge on any atom is -0.492 e. The lowest BCUT2D eigenvalue weighted by Crippen LogP contribution is -2.35. The summed E-state index contributed by atoms with van der Waals surface area (Å²) in [6.07, 6.45) is 10.6. The van der Waals surface area contributed by atoms with E-state index in [9.17, 15) is 0 Å². The smallest absolute Gasteiger partial charge is 0.119 e. The van der Waals surface area contributed by atoms with Crippen LogP contribution in [0.1, 0.15) is 56.6 Å². The molecular formula is C19H29NO. The standard InChI is InChI=1S/C19H29NO/c1-15-6-9-18(10-7-15)20-12-13-21-19-11-8-16-4-2-3-5-17(16)14-19/h8,11,14-15,18,20H,2-7,9-10,12-13H2,1H3. The molecule has 116 valence electrons. The second-order valence-electron chi connectivity index (χ2n) is 6.90. The molecule has 1 saturated carbocycles. The first-order valence-electron chi connectivity index (χ1n) is 8.79. The van der Waals surface area contributed by atoms with Gasteiger partial charge in [-0.15, -0.1) is 0 Å². The van der Waals surface area contributed by atoms with Gasteiger partial charge in [-0.3, -0.25) is 0 Å². The average Bonchev–Trinajstić information content (AvgIpc) is 2.53. The van der Waals surface area contributed by atoms with Gasteiger partial charge in [0.2, 0.25) is 0 Å². The molecule has 0 amide bonds. The number of fused-ring (bicyclic) bond motifs is 1. The van der Waals surface area contributed by atoms with Crippen LogP contribution >= 0.6 is 0 Å². The lowest BCUT2D eigenvalue weighted by atomic mass is 9.87. The van der Waals surface area contributed by atoms with Gasteiger partial charge in [0.1, 0.15) is 12.4 Å². The average molecular weight is 287 g/mol. The summed E-state index contributed by atoms with van der Waals surface area (Å²) in [6.45, 7) is 4.12. The molecule has 0 aromatic heterocycles. The molecule has 0 heterocycles. The molecular weight excluding hydrogens is 258 g/mol. The van der Waals surface area contributed by atoms with E-state index < -0.39 is 0 Å². The van der Waals surface area contributed by atoms with E-state index in [-0.39, 0.29) is 0 Å². The first-order chi connectivity index (χ1) is 10.3. The number of hydrogen-bond donors (Lipinski definition) is 1. The minimum absolute atomic E-state index is 0.716. The molecule has 2 heteroatoms. The summed E-state index contributed by atoms with van der Waals surface area (Å²) in [5.74, 6) is 1.98. The number of benzene rings is 1. The number of rotatable bonds is 5. The molecule has 0 saturated heterocycles. The van der Waals surface area contributed by atoms with Gasteiger partial charge in [-0.2, -0.15) is 0 Å². The van der Waals surface area contributed by atoms with E-state index in [1.165, 1.54) is 62.5 Å². The van der Waals surface area contributed by atoms with Crippen LogP contribution in [0.3, 0.4) is 0 Å². The van der Waals surface area contributed by atoms with Crippen molar-refractivity contribution in [2.75, 3.05) is 13.2 Å². The second kappa shape index (κ2) is 7.31. The zero-order valence-electron chi connectivity index (χ0n) is 13.4. The molecule has 2 aliphatic carbocycles. The van der Waals surface area contributed by atoms with Crippen molar-refractivity contribution in [1.29, 1.82) is 0 Å². The molecule has 0 atom stereocenters. The Kier molecular flexibility index (Phi) is 5.18. The largest absolute Gasteiger partial charge is 0.492 e. The van der Waals surface area contributed by atoms with Gasteiger partial charge in [0.05, 0.1) is 0 Å². The molecule has 2 aliphatic rings. The molecule has 1 aromatic rings. The molecule has 0 aliphatic heterocycles. The van der Waals surface area contributed by atoms with E-state index in [2.05, 4.69) is 30.4 Å². The first-order valence-corrected chi connectivity index (χ1v) is 8.79. The second-order valence-corrected chi connectivity index (χ2v) is 6.90. The van der Waals surface area contributed by atoms with Gasteiger partial charge in [0.25, 0.3) is 0 Å². The summed E-state index contributed by atoms with van der Waals surface area (Å²) in [4.78, 5) is 0. The van der Waals surface area contributed by atoms with Crippen molar-refractivity contribution < 1.29 is 4.74 Å². The van der Waals surface area contributed by atoms with E-state index in [0.717, 1.165) is 24.8 Å². The van der Waals surface area contributed by atoms with E-state index in [1.54, 1.807) is 0 Å². The molecule has 1 fully saturated rings. The SMILES string of the molecule is CC1CCC(NCCOc2ccc3c(c2)CCCC3)CC1. The zero-order valence-corrected chi connectivity index (χ0v) is 13.4. The Labute approximate surface area is 129 Å². The van der Waals surface area contributed by atoms with Gasteiger partial charge in [-0.25, -0.2) is 0 Å². The molecule has 1 N–H and O–H groups in total. The maximum atomic E-state index is 5.92. The molecule has 21 heavy (non-hydrogen) atoms. The fraction of sp³-hybridized carbons (Fsp3) is 0.684. The predicted molar refractivity (Wildman–Crippen MR) is 88.0 cm³/mol. The van der Waals surface area contributed by atoms with Gasteiger partial charge in [0.15, 0.2) is 0 Å². The van der Waals surface area contributed by atoms with Gasteiger partial charge < -0.3 is 10.1 Å². The fourth-order valence-corrected chi connectivity index (χ4v) is 3.70. The van der Waals surface area contributed by atoms with Crippen LogP contribution in [0.15, 0.2) is 18.2 Å². The maximum absolute atomic E-state index is 5.92. The molecule has 1 aromatic carbocycles. The zero-order chi connectivity index (χ0) is 14.5. The minimum atomic E-state index is 0.716. The van der Waals surface area contributed by atoms with E-state index in [1.807, 2.05) is 0 Å². The van der Waals surface area contributed by atoms with Gasteiger partial charge in [-0.1, -0.05) is 13.0 Å². The summed E-state index contributed by atoms with van der Waals surface area (Å²) in [7, 11) is 0. The maximum Gasteiger partial charge on any atom is 0.119 e. The normalized spacial score (nSPS) is 25.4. The molecule has 3 rings (SSSR count). The third-order valence-electron chi connectivity index (χ3n) is 5.14. The summed E-state index contributed by atoms with van der Waals surface area (Å²) < 4.78 is 5.92. The van der Waals surface area contributed by atoms with Crippen LogP contribution in [-0.2, 0) is 12.8 Å². The van der Waals surface area contributed by atoms with Gasteiger partial charge >= 0.3 is 0 Å². The topological polar surface area (TPSA) is 21.3 Å². The Balaban J connectivity index is 1.39. The van der Waals surface area contributed by atoms with E-state index in [4.69, 9.17) is 4.74 Å². The van der Waals surface area contributed by atoms with Crippen molar-refractivity contribution in [2.45, 2.75) is 64.3 Å². The Morgan fingerprint density at radius 2 is 1.81 bits per heavy atom. The van der Waals surface area contributed by atoms with Crippen molar-refractivity contribution in [3.05, 3.63) is 29.3 Å². The highest BCUT2D eigenvalue weighted by molar-refractivity contribution is 5.37. The van der Waals surface area contributed by atoms with Crippen molar-refractivity contribution in [1.82, 2.24) is 5.32 Å². The molecule has 0 radical (unpaired) electrons. The predicted octanol–water partition coefficient (Wildman–Crippen LogP) is 4.11. The molecule has 2 nitrogen and oxygen atoms in total. The Hall–Kier alpha value is -1.02. The molecule has 0 bridgehead atoms. The van der Waals surface area contributed by atoms with Crippen molar-refractivity contribution in [2.24, 2.45) is 5.92 Å². The highest BCUT2D eigenvalue weighted by Crippen LogP contribution is 2.25. The summed E-state index contributed by atoms with van der Waals surface area (Å²) >= 11 is 0. The van der Waals surface area contributed by atoms with E-state index in [0.29, 0.717) is 6.04 Å². The Morgan fingerprint density at radius 3 is 2.62 bits per heavy atom. The lowest BCUT2D eigenvalue weighted by Gasteiger charge is -2.27. The quantitative estimate of drug-likeness (QED) is 0.823. The highest BCUT2D eigenvalue weighted by Gasteiger charge is 2.17. The van der Waals surface area contributed by atoms with Gasteiger partial charge in [0, 0.05) is 12.6 Å². The third-order valence-corrected chi connectivity index (χ3v) is 5.14. The van der Waals surface area contributed by atoms with Crippen LogP contribution in [-0.4, -0.2) is 19.2 Å². The summed E-state index contributed by atoms with van der Waals surface area (Å²) in [5, 5.41) is 3.65. The number of hydrogen-bond acceptors (Lipinski definition) is 2. The molecule has 0 unspecified atom stereocenters. The van der Waals surface area contributed by atoms with Crippen LogP contribution in [0.4, 0.5) is 0 Å². The van der Waals surface area contributed by atoms with Crippen LogP contribution in [0, 0.1) is 5.92 Å². The highest BCUT2D eigenvalue weighted by atomic mass is 16.5. The first kappa shape index (κ1) is 14.9. The van der Waals surface area contributed by atoms with Crippen molar-refractivity contribution >= 4 is 0 Å². The van der Waals surface area contributed by atoms with Gasteiger partial charge in [-0.05, 0) is 80.5 Å².